The first-order chi connectivity index (χ1) is 19.3. The predicted octanol–water partition coefficient (Wildman–Crippen LogP) is 5.22. The molecule has 0 amide bonds. The number of hydrogen-bond donors (Lipinski definition) is 0. The molecule has 14 heteroatoms. The minimum Gasteiger partial charge on any atom is -0.461 e. The average Bonchev–Trinajstić information content (AvgIpc) is 3.38. The van der Waals surface area contributed by atoms with Crippen LogP contribution in [0.5, 0.6) is 0 Å². The molecule has 0 fully saturated rings. The van der Waals surface area contributed by atoms with Gasteiger partial charge in [0.15, 0.2) is 11.5 Å². The molecule has 0 radical (unpaired) electrons. The van der Waals surface area contributed by atoms with Crippen molar-refractivity contribution in [1.29, 1.82) is 5.26 Å². The smallest absolute Gasteiger partial charge is 0.461 e. The van der Waals surface area contributed by atoms with Crippen LogP contribution in [0.4, 0.5) is 18.0 Å². The summed E-state index contributed by atoms with van der Waals surface area (Å²) in [6, 6.07) is 9.32. The molecule has 214 valence electrons. The van der Waals surface area contributed by atoms with Gasteiger partial charge in [0, 0.05) is 11.8 Å². The van der Waals surface area contributed by atoms with Crippen LogP contribution < -0.4 is 0 Å². The van der Waals surface area contributed by atoms with Crippen LogP contribution >= 0.6 is 0 Å². The molecule has 0 bridgehead atoms. The van der Waals surface area contributed by atoms with Gasteiger partial charge in [0.1, 0.15) is 30.7 Å². The number of hydrogen-bond acceptors (Lipinski definition) is 10. The third kappa shape index (κ3) is 8.21. The molecule has 0 spiro atoms. The summed E-state index contributed by atoms with van der Waals surface area (Å²) in [6.07, 6.45) is -1.53. The van der Waals surface area contributed by atoms with Gasteiger partial charge in [0.05, 0.1) is 5.41 Å². The van der Waals surface area contributed by atoms with Gasteiger partial charge in [-0.2, -0.15) is 18.4 Å². The SMILES string of the molecule is C=CCOC(=O)C(C)(C)COC(=O)OC(C)n1nc(C#N)c(-c2cccc(/C=C/c3nccc(C(F)(F)F)n3)c2)n1. The molecule has 1 aromatic carbocycles. The third-order valence-corrected chi connectivity index (χ3v) is 5.31. The summed E-state index contributed by atoms with van der Waals surface area (Å²) in [7, 11) is 0. The standard InChI is InChI=1S/C27H25F3N6O5/c1-5-13-39-24(37)26(3,4)16-40-25(38)41-17(2)36-34-20(15-31)23(35-36)19-8-6-7-18(14-19)9-10-22-32-12-11-21(33-22)27(28,29)30/h5-12,14,17H,1,13,16H2,2-4H3/b10-9+. The molecular weight excluding hydrogens is 545 g/mol. The molecule has 1 unspecified atom stereocenters. The van der Waals surface area contributed by atoms with E-state index in [1.807, 2.05) is 6.07 Å². The Kier molecular flexibility index (Phi) is 9.56. The Bertz CT molecular complexity index is 1490. The number of carbonyl (C=O) groups is 2. The van der Waals surface area contributed by atoms with Crippen LogP contribution in [0, 0.1) is 16.7 Å². The summed E-state index contributed by atoms with van der Waals surface area (Å²) in [5.74, 6) is -0.724. The second-order valence-electron chi connectivity index (χ2n) is 9.11. The number of carbonyl (C=O) groups excluding carboxylic acids is 2. The van der Waals surface area contributed by atoms with E-state index < -0.39 is 35.6 Å². The van der Waals surface area contributed by atoms with Gasteiger partial charge in [0.2, 0.25) is 6.23 Å². The summed E-state index contributed by atoms with van der Waals surface area (Å²) in [5.41, 5.74) is -1.07. The van der Waals surface area contributed by atoms with E-state index in [0.717, 1.165) is 17.1 Å². The number of halogens is 3. The molecule has 0 aliphatic carbocycles. The predicted molar refractivity (Wildman–Crippen MR) is 138 cm³/mol. The average molecular weight is 571 g/mol. The Balaban J connectivity index is 1.71. The Labute approximate surface area is 232 Å². The van der Waals surface area contributed by atoms with E-state index in [1.54, 1.807) is 24.3 Å². The van der Waals surface area contributed by atoms with Crippen LogP contribution in [0.1, 0.15) is 49.8 Å². The molecule has 0 aliphatic rings. The van der Waals surface area contributed by atoms with E-state index in [9.17, 15) is 28.0 Å². The normalized spacial score (nSPS) is 12.4. The van der Waals surface area contributed by atoms with Gasteiger partial charge >= 0.3 is 18.3 Å². The van der Waals surface area contributed by atoms with Gasteiger partial charge < -0.3 is 14.2 Å². The van der Waals surface area contributed by atoms with E-state index in [4.69, 9.17) is 14.2 Å². The quantitative estimate of drug-likeness (QED) is 0.235. The number of nitrogens with zero attached hydrogens (tertiary/aromatic N) is 6. The Morgan fingerprint density at radius 2 is 1.93 bits per heavy atom. The number of nitriles is 1. The zero-order chi connectivity index (χ0) is 30.2. The van der Waals surface area contributed by atoms with Crippen molar-refractivity contribution in [3.63, 3.8) is 0 Å². The summed E-state index contributed by atoms with van der Waals surface area (Å²) in [6.45, 7) is 7.67. The van der Waals surface area contributed by atoms with Crippen molar-refractivity contribution in [3.05, 3.63) is 72.0 Å². The van der Waals surface area contributed by atoms with Gasteiger partial charge in [-0.25, -0.2) is 14.8 Å². The van der Waals surface area contributed by atoms with Crippen LogP contribution in [0.15, 0.2) is 49.2 Å². The van der Waals surface area contributed by atoms with E-state index >= 15 is 0 Å². The third-order valence-electron chi connectivity index (χ3n) is 5.31. The number of alkyl halides is 3. The van der Waals surface area contributed by atoms with Crippen LogP contribution in [-0.4, -0.2) is 50.3 Å². The highest BCUT2D eigenvalue weighted by atomic mass is 19.4. The molecular formula is C27H25F3N6O5. The van der Waals surface area contributed by atoms with Gasteiger partial charge in [-0.1, -0.05) is 36.9 Å². The maximum atomic E-state index is 12.9. The lowest BCUT2D eigenvalue weighted by atomic mass is 9.95. The van der Waals surface area contributed by atoms with Crippen molar-refractivity contribution in [2.45, 2.75) is 33.2 Å². The minimum atomic E-state index is -4.60. The Hall–Kier alpha value is -5.06. The Morgan fingerprint density at radius 1 is 1.17 bits per heavy atom. The molecule has 3 aromatic rings. The molecule has 41 heavy (non-hydrogen) atoms. The van der Waals surface area contributed by atoms with E-state index in [0.29, 0.717) is 11.1 Å². The lowest BCUT2D eigenvalue weighted by Crippen LogP contribution is -2.33. The van der Waals surface area contributed by atoms with Crippen molar-refractivity contribution >= 4 is 24.3 Å². The largest absolute Gasteiger partial charge is 0.510 e. The molecule has 0 aliphatic heterocycles. The summed E-state index contributed by atoms with van der Waals surface area (Å²) < 4.78 is 53.9. The highest BCUT2D eigenvalue weighted by Crippen LogP contribution is 2.27. The van der Waals surface area contributed by atoms with Crippen LogP contribution in [0.25, 0.3) is 23.4 Å². The first kappa shape index (κ1) is 30.5. The zero-order valence-electron chi connectivity index (χ0n) is 22.3. The topological polar surface area (TPSA) is 142 Å². The molecule has 0 saturated heterocycles. The minimum absolute atomic E-state index is 0.0156. The van der Waals surface area contributed by atoms with E-state index in [-0.39, 0.29) is 30.4 Å². The number of aromatic nitrogens is 5. The maximum absolute atomic E-state index is 12.9. The highest BCUT2D eigenvalue weighted by Gasteiger charge is 2.33. The molecule has 2 aromatic heterocycles. The first-order valence-corrected chi connectivity index (χ1v) is 12.0. The number of esters is 1. The number of ether oxygens (including phenoxy) is 3. The van der Waals surface area contributed by atoms with Crippen LogP contribution in [0.2, 0.25) is 0 Å². The van der Waals surface area contributed by atoms with Gasteiger partial charge in [0.25, 0.3) is 0 Å². The lowest BCUT2D eigenvalue weighted by molar-refractivity contribution is -0.155. The second-order valence-corrected chi connectivity index (χ2v) is 9.11. The lowest BCUT2D eigenvalue weighted by Gasteiger charge is -2.22. The fourth-order valence-corrected chi connectivity index (χ4v) is 3.18. The molecule has 2 heterocycles. The zero-order valence-corrected chi connectivity index (χ0v) is 22.3. The van der Waals surface area contributed by atoms with E-state index in [2.05, 4.69) is 26.7 Å². The highest BCUT2D eigenvalue weighted by molar-refractivity contribution is 5.76. The fraction of sp³-hybridized carbons (Fsp3) is 0.296. The van der Waals surface area contributed by atoms with Crippen molar-refractivity contribution in [2.75, 3.05) is 13.2 Å². The summed E-state index contributed by atoms with van der Waals surface area (Å²) in [4.78, 5) is 32.6. The fourth-order valence-electron chi connectivity index (χ4n) is 3.18. The number of benzene rings is 1. The van der Waals surface area contributed by atoms with Crippen molar-refractivity contribution in [3.8, 4) is 17.3 Å². The van der Waals surface area contributed by atoms with Gasteiger partial charge in [-0.3, -0.25) is 4.79 Å². The second kappa shape index (κ2) is 12.9. The van der Waals surface area contributed by atoms with Crippen molar-refractivity contribution in [2.24, 2.45) is 5.41 Å². The van der Waals surface area contributed by atoms with Crippen molar-refractivity contribution in [1.82, 2.24) is 25.0 Å². The molecule has 1 atom stereocenters. The van der Waals surface area contributed by atoms with Crippen LogP contribution in [-0.2, 0) is 25.2 Å². The molecule has 0 saturated carbocycles. The van der Waals surface area contributed by atoms with Crippen LogP contribution in [0.3, 0.4) is 0 Å². The first-order valence-electron chi connectivity index (χ1n) is 12.0. The van der Waals surface area contributed by atoms with Gasteiger partial charge in [-0.05, 0) is 44.5 Å². The summed E-state index contributed by atoms with van der Waals surface area (Å²) >= 11 is 0. The molecule has 3 rings (SSSR count). The van der Waals surface area contributed by atoms with E-state index in [1.165, 1.54) is 39.0 Å². The monoisotopic (exact) mass is 570 g/mol. The number of rotatable bonds is 10. The van der Waals surface area contributed by atoms with Crippen molar-refractivity contribution < 1.29 is 37.0 Å². The van der Waals surface area contributed by atoms with Gasteiger partial charge in [-0.15, -0.1) is 15.0 Å². The molecule has 11 nitrogen and oxygen atoms in total. The molecule has 0 N–H and O–H groups in total. The maximum Gasteiger partial charge on any atom is 0.510 e. The summed E-state index contributed by atoms with van der Waals surface area (Å²) in [5, 5.41) is 17.9. The Morgan fingerprint density at radius 3 is 2.61 bits per heavy atom.